The molecule has 17 heavy (non-hydrogen) atoms. The maximum atomic E-state index is 10.9. The van der Waals surface area contributed by atoms with E-state index in [-0.39, 0.29) is 10.6 Å². The van der Waals surface area contributed by atoms with Crippen molar-refractivity contribution in [1.29, 1.82) is 0 Å². The van der Waals surface area contributed by atoms with Crippen LogP contribution in [0.4, 0.5) is 5.69 Å². The lowest BCUT2D eigenvalue weighted by atomic mass is 9.99. The van der Waals surface area contributed by atoms with Crippen LogP contribution in [0.5, 0.6) is 0 Å². The standard InChI is InChI=1S/C13H20N2O2/c1-4-5-12(14-3)9-11-8-10(2)6-7-13(11)15(16)17/h6-8,12,14H,4-5,9H2,1-3H3. The van der Waals surface area contributed by atoms with E-state index in [1.807, 2.05) is 20.0 Å². The van der Waals surface area contributed by atoms with Crippen molar-refractivity contribution in [3.63, 3.8) is 0 Å². The molecule has 0 aliphatic heterocycles. The smallest absolute Gasteiger partial charge is 0.272 e. The van der Waals surface area contributed by atoms with Crippen LogP contribution in [0, 0.1) is 17.0 Å². The Labute approximate surface area is 102 Å². The van der Waals surface area contributed by atoms with Gasteiger partial charge < -0.3 is 5.32 Å². The number of nitrogens with one attached hydrogen (secondary N) is 1. The molecule has 0 fully saturated rings. The molecule has 1 unspecified atom stereocenters. The molecule has 0 aliphatic rings. The summed E-state index contributed by atoms with van der Waals surface area (Å²) in [4.78, 5) is 10.6. The van der Waals surface area contributed by atoms with Gasteiger partial charge in [0.2, 0.25) is 0 Å². The van der Waals surface area contributed by atoms with Crippen molar-refractivity contribution in [1.82, 2.24) is 5.32 Å². The first-order chi connectivity index (χ1) is 8.08. The summed E-state index contributed by atoms with van der Waals surface area (Å²) >= 11 is 0. The summed E-state index contributed by atoms with van der Waals surface area (Å²) in [6, 6.07) is 5.61. The van der Waals surface area contributed by atoms with Crippen molar-refractivity contribution in [2.75, 3.05) is 7.05 Å². The van der Waals surface area contributed by atoms with Gasteiger partial charge in [0.1, 0.15) is 0 Å². The van der Waals surface area contributed by atoms with Crippen LogP contribution in [0.15, 0.2) is 18.2 Å². The molecular formula is C13H20N2O2. The van der Waals surface area contributed by atoms with Gasteiger partial charge >= 0.3 is 0 Å². The molecule has 0 aromatic heterocycles. The lowest BCUT2D eigenvalue weighted by Gasteiger charge is -2.15. The van der Waals surface area contributed by atoms with Crippen LogP contribution in [0.25, 0.3) is 0 Å². The van der Waals surface area contributed by atoms with Crippen LogP contribution in [-0.2, 0) is 6.42 Å². The number of nitrogens with zero attached hydrogens (tertiary/aromatic N) is 1. The fourth-order valence-corrected chi connectivity index (χ4v) is 2.02. The molecular weight excluding hydrogens is 216 g/mol. The second-order valence-electron chi connectivity index (χ2n) is 4.37. The van der Waals surface area contributed by atoms with E-state index in [1.165, 1.54) is 0 Å². The van der Waals surface area contributed by atoms with Gasteiger partial charge in [-0.1, -0.05) is 25.0 Å². The van der Waals surface area contributed by atoms with E-state index in [2.05, 4.69) is 12.2 Å². The maximum Gasteiger partial charge on any atom is 0.272 e. The van der Waals surface area contributed by atoms with Crippen molar-refractivity contribution in [3.8, 4) is 0 Å². The first-order valence-electron chi connectivity index (χ1n) is 5.99. The Bertz CT molecular complexity index is 391. The number of aryl methyl sites for hydroxylation is 1. The van der Waals surface area contributed by atoms with E-state index < -0.39 is 0 Å². The molecule has 4 nitrogen and oxygen atoms in total. The summed E-state index contributed by atoms with van der Waals surface area (Å²) in [7, 11) is 1.90. The molecule has 1 aromatic rings. The van der Waals surface area contributed by atoms with Crippen molar-refractivity contribution < 1.29 is 4.92 Å². The van der Waals surface area contributed by atoms with Crippen LogP contribution in [0.3, 0.4) is 0 Å². The molecule has 1 atom stereocenters. The number of likely N-dealkylation sites (N-methyl/N-ethyl adjacent to an activating group) is 1. The largest absolute Gasteiger partial charge is 0.317 e. The van der Waals surface area contributed by atoms with Gasteiger partial charge in [0.05, 0.1) is 4.92 Å². The molecule has 1 aromatic carbocycles. The van der Waals surface area contributed by atoms with E-state index in [0.29, 0.717) is 12.5 Å². The Balaban J connectivity index is 2.94. The van der Waals surface area contributed by atoms with E-state index >= 15 is 0 Å². The second kappa shape index (κ2) is 6.35. The third-order valence-electron chi connectivity index (χ3n) is 2.94. The highest BCUT2D eigenvalue weighted by molar-refractivity contribution is 5.43. The lowest BCUT2D eigenvalue weighted by Crippen LogP contribution is -2.27. The average molecular weight is 236 g/mol. The minimum absolute atomic E-state index is 0.229. The Kier molecular flexibility index (Phi) is 5.10. The Hall–Kier alpha value is -1.42. The molecule has 94 valence electrons. The molecule has 0 heterocycles. The minimum atomic E-state index is -0.298. The lowest BCUT2D eigenvalue weighted by molar-refractivity contribution is -0.385. The zero-order valence-corrected chi connectivity index (χ0v) is 10.7. The van der Waals surface area contributed by atoms with Crippen LogP contribution in [0.1, 0.15) is 30.9 Å². The molecule has 0 saturated heterocycles. The van der Waals surface area contributed by atoms with Gasteiger partial charge in [0.15, 0.2) is 0 Å². The topological polar surface area (TPSA) is 55.2 Å². The SMILES string of the molecule is CCCC(Cc1cc(C)ccc1[N+](=O)[O-])NC. The van der Waals surface area contributed by atoms with Crippen LogP contribution < -0.4 is 5.32 Å². The monoisotopic (exact) mass is 236 g/mol. The number of nitro benzene ring substituents is 1. The zero-order chi connectivity index (χ0) is 12.8. The first-order valence-corrected chi connectivity index (χ1v) is 5.99. The third kappa shape index (κ3) is 3.82. The van der Waals surface area contributed by atoms with Gasteiger partial charge in [-0.15, -0.1) is 0 Å². The van der Waals surface area contributed by atoms with Gasteiger partial charge in [-0.3, -0.25) is 10.1 Å². The Morgan fingerprint density at radius 2 is 2.18 bits per heavy atom. The van der Waals surface area contributed by atoms with Crippen molar-refractivity contribution in [3.05, 3.63) is 39.4 Å². The van der Waals surface area contributed by atoms with Crippen LogP contribution in [-0.4, -0.2) is 18.0 Å². The molecule has 1 rings (SSSR count). The Morgan fingerprint density at radius 1 is 1.47 bits per heavy atom. The minimum Gasteiger partial charge on any atom is -0.317 e. The van der Waals surface area contributed by atoms with Crippen molar-refractivity contribution >= 4 is 5.69 Å². The number of benzene rings is 1. The van der Waals surface area contributed by atoms with E-state index in [0.717, 1.165) is 24.0 Å². The fraction of sp³-hybridized carbons (Fsp3) is 0.538. The molecule has 0 radical (unpaired) electrons. The highest BCUT2D eigenvalue weighted by Crippen LogP contribution is 2.22. The summed E-state index contributed by atoms with van der Waals surface area (Å²) in [5.74, 6) is 0. The fourth-order valence-electron chi connectivity index (χ4n) is 2.02. The molecule has 0 bridgehead atoms. The highest BCUT2D eigenvalue weighted by Gasteiger charge is 2.16. The van der Waals surface area contributed by atoms with Crippen molar-refractivity contribution in [2.24, 2.45) is 0 Å². The second-order valence-corrected chi connectivity index (χ2v) is 4.37. The summed E-state index contributed by atoms with van der Waals surface area (Å²) in [5, 5.41) is 14.2. The van der Waals surface area contributed by atoms with E-state index in [4.69, 9.17) is 0 Å². The third-order valence-corrected chi connectivity index (χ3v) is 2.94. The predicted molar refractivity (Wildman–Crippen MR) is 69.3 cm³/mol. The van der Waals surface area contributed by atoms with Crippen LogP contribution >= 0.6 is 0 Å². The zero-order valence-electron chi connectivity index (χ0n) is 10.7. The number of nitro groups is 1. The normalized spacial score (nSPS) is 12.4. The molecule has 4 heteroatoms. The molecule has 1 N–H and O–H groups in total. The summed E-state index contributed by atoms with van der Waals surface area (Å²) in [5.41, 5.74) is 2.12. The van der Waals surface area contributed by atoms with Crippen LogP contribution in [0.2, 0.25) is 0 Å². The highest BCUT2D eigenvalue weighted by atomic mass is 16.6. The molecule has 0 spiro atoms. The number of rotatable bonds is 6. The van der Waals surface area contributed by atoms with Gasteiger partial charge in [-0.05, 0) is 32.9 Å². The van der Waals surface area contributed by atoms with Gasteiger partial charge in [-0.2, -0.15) is 0 Å². The maximum absolute atomic E-state index is 10.9. The average Bonchev–Trinajstić information content (AvgIpc) is 2.28. The van der Waals surface area contributed by atoms with Gasteiger partial charge in [-0.25, -0.2) is 0 Å². The summed E-state index contributed by atoms with van der Waals surface area (Å²) in [6.07, 6.45) is 2.81. The van der Waals surface area contributed by atoms with E-state index in [9.17, 15) is 10.1 Å². The molecule has 0 amide bonds. The molecule has 0 aliphatic carbocycles. The quantitative estimate of drug-likeness (QED) is 0.610. The molecule has 0 saturated carbocycles. The number of hydrogen-bond donors (Lipinski definition) is 1. The van der Waals surface area contributed by atoms with Crippen molar-refractivity contribution in [2.45, 2.75) is 39.2 Å². The summed E-state index contributed by atoms with van der Waals surface area (Å²) < 4.78 is 0. The Morgan fingerprint density at radius 3 is 2.71 bits per heavy atom. The first kappa shape index (κ1) is 13.6. The van der Waals surface area contributed by atoms with Gasteiger partial charge in [0.25, 0.3) is 5.69 Å². The number of hydrogen-bond acceptors (Lipinski definition) is 3. The van der Waals surface area contributed by atoms with Gasteiger partial charge in [0, 0.05) is 17.7 Å². The van der Waals surface area contributed by atoms with E-state index in [1.54, 1.807) is 12.1 Å². The predicted octanol–water partition coefficient (Wildman–Crippen LogP) is 2.83. The summed E-state index contributed by atoms with van der Waals surface area (Å²) in [6.45, 7) is 4.08.